The van der Waals surface area contributed by atoms with Gasteiger partial charge in [0, 0.05) is 31.6 Å². The molecule has 4 heteroatoms. The third kappa shape index (κ3) is 4.90. The van der Waals surface area contributed by atoms with E-state index < -0.39 is 0 Å². The summed E-state index contributed by atoms with van der Waals surface area (Å²) in [4.78, 5) is 5.73. The van der Waals surface area contributed by atoms with Crippen LogP contribution in [0, 0.1) is 5.41 Å². The summed E-state index contributed by atoms with van der Waals surface area (Å²) in [5, 5.41) is 0. The smallest absolute Gasteiger partial charge is 0.0784 e. The molecule has 1 saturated heterocycles. The van der Waals surface area contributed by atoms with Crippen molar-refractivity contribution in [2.24, 2.45) is 11.1 Å². The molecular formula is C13H27N3S. The van der Waals surface area contributed by atoms with E-state index in [1.165, 1.54) is 39.1 Å². The molecule has 100 valence electrons. The van der Waals surface area contributed by atoms with Crippen molar-refractivity contribution in [2.45, 2.75) is 33.6 Å². The number of nitrogens with zero attached hydrogens (tertiary/aromatic N) is 2. The average molecular weight is 257 g/mol. The molecule has 0 amide bonds. The van der Waals surface area contributed by atoms with Crippen molar-refractivity contribution < 1.29 is 0 Å². The predicted molar refractivity (Wildman–Crippen MR) is 78.4 cm³/mol. The quantitative estimate of drug-likeness (QED) is 0.734. The van der Waals surface area contributed by atoms with E-state index in [9.17, 15) is 0 Å². The lowest BCUT2D eigenvalue weighted by molar-refractivity contribution is 0.125. The third-order valence-electron chi connectivity index (χ3n) is 3.72. The molecule has 17 heavy (non-hydrogen) atoms. The van der Waals surface area contributed by atoms with Gasteiger partial charge < -0.3 is 15.5 Å². The van der Waals surface area contributed by atoms with Gasteiger partial charge in [0.05, 0.1) is 4.99 Å². The van der Waals surface area contributed by atoms with E-state index in [2.05, 4.69) is 30.6 Å². The third-order valence-corrected chi connectivity index (χ3v) is 4.28. The summed E-state index contributed by atoms with van der Waals surface area (Å²) in [6.07, 6.45) is 2.32. The van der Waals surface area contributed by atoms with Gasteiger partial charge in [-0.1, -0.05) is 33.0 Å². The Morgan fingerprint density at radius 2 is 1.59 bits per heavy atom. The van der Waals surface area contributed by atoms with Crippen molar-refractivity contribution >= 4 is 17.2 Å². The number of piperazine rings is 1. The Morgan fingerprint density at radius 1 is 1.12 bits per heavy atom. The normalized spacial score (nSPS) is 19.5. The van der Waals surface area contributed by atoms with Crippen LogP contribution in [0.15, 0.2) is 0 Å². The molecule has 0 bridgehead atoms. The Labute approximate surface area is 111 Å². The number of thiocarbonyl (C=S) groups is 1. The van der Waals surface area contributed by atoms with E-state index in [0.29, 0.717) is 4.99 Å². The summed E-state index contributed by atoms with van der Waals surface area (Å²) >= 11 is 5.10. The zero-order valence-corrected chi connectivity index (χ0v) is 12.4. The van der Waals surface area contributed by atoms with Gasteiger partial charge in [-0.2, -0.15) is 0 Å². The molecule has 0 atom stereocenters. The lowest BCUT2D eigenvalue weighted by Gasteiger charge is -2.36. The Bertz CT molecular complexity index is 245. The van der Waals surface area contributed by atoms with Crippen molar-refractivity contribution in [3.63, 3.8) is 0 Å². The molecule has 0 aliphatic carbocycles. The standard InChI is InChI=1S/C13H27N3S/c1-4-6-15-8-10-16(11-9-15)7-5-13(2,3)12(14)17/h4-11H2,1-3H3,(H2,14,17). The first-order valence-corrected chi connectivity index (χ1v) is 7.11. The molecule has 0 spiro atoms. The highest BCUT2D eigenvalue weighted by Crippen LogP contribution is 2.21. The minimum atomic E-state index is -0.00408. The first-order valence-electron chi connectivity index (χ1n) is 6.70. The second kappa shape index (κ2) is 6.66. The zero-order valence-electron chi connectivity index (χ0n) is 11.5. The minimum Gasteiger partial charge on any atom is -0.393 e. The Morgan fingerprint density at radius 3 is 2.00 bits per heavy atom. The summed E-state index contributed by atoms with van der Waals surface area (Å²) in [5.74, 6) is 0. The number of hydrogen-bond donors (Lipinski definition) is 1. The number of rotatable bonds is 6. The fourth-order valence-corrected chi connectivity index (χ4v) is 2.22. The number of nitrogens with two attached hydrogens (primary N) is 1. The zero-order chi connectivity index (χ0) is 12.9. The lowest BCUT2D eigenvalue weighted by atomic mass is 9.89. The molecule has 1 rings (SSSR count). The van der Waals surface area contributed by atoms with Crippen LogP contribution in [0.3, 0.4) is 0 Å². The molecule has 0 aromatic carbocycles. The minimum absolute atomic E-state index is 0.00408. The van der Waals surface area contributed by atoms with Gasteiger partial charge in [0.15, 0.2) is 0 Å². The van der Waals surface area contributed by atoms with Gasteiger partial charge in [-0.25, -0.2) is 0 Å². The molecule has 1 aliphatic rings. The highest BCUT2D eigenvalue weighted by Gasteiger charge is 2.23. The van der Waals surface area contributed by atoms with Gasteiger partial charge in [0.1, 0.15) is 0 Å². The van der Waals surface area contributed by atoms with Crippen LogP contribution in [0.2, 0.25) is 0 Å². The van der Waals surface area contributed by atoms with Crippen molar-refractivity contribution in [3.05, 3.63) is 0 Å². The van der Waals surface area contributed by atoms with Gasteiger partial charge in [-0.05, 0) is 25.9 Å². The van der Waals surface area contributed by atoms with Crippen LogP contribution in [0.5, 0.6) is 0 Å². The fraction of sp³-hybridized carbons (Fsp3) is 0.923. The second-order valence-corrected chi connectivity index (χ2v) is 6.12. The van der Waals surface area contributed by atoms with E-state index >= 15 is 0 Å². The van der Waals surface area contributed by atoms with Gasteiger partial charge in [0.25, 0.3) is 0 Å². The van der Waals surface area contributed by atoms with Crippen molar-refractivity contribution in [1.82, 2.24) is 9.80 Å². The maximum absolute atomic E-state index is 5.75. The van der Waals surface area contributed by atoms with Gasteiger partial charge in [0.2, 0.25) is 0 Å². The Balaban J connectivity index is 2.25. The molecule has 1 fully saturated rings. The van der Waals surface area contributed by atoms with E-state index in [4.69, 9.17) is 18.0 Å². The summed E-state index contributed by atoms with van der Waals surface area (Å²) in [7, 11) is 0. The maximum Gasteiger partial charge on any atom is 0.0784 e. The van der Waals surface area contributed by atoms with Crippen molar-refractivity contribution in [1.29, 1.82) is 0 Å². The van der Waals surface area contributed by atoms with E-state index in [1.807, 2.05) is 0 Å². The summed E-state index contributed by atoms with van der Waals surface area (Å²) in [6.45, 7) is 13.7. The first kappa shape index (κ1) is 14.9. The fourth-order valence-electron chi connectivity index (χ4n) is 2.11. The molecule has 2 N–H and O–H groups in total. The Kier molecular flexibility index (Phi) is 5.83. The molecule has 1 aliphatic heterocycles. The lowest BCUT2D eigenvalue weighted by Crippen LogP contribution is -2.47. The van der Waals surface area contributed by atoms with Crippen LogP contribution < -0.4 is 5.73 Å². The Hall–Kier alpha value is -0.190. The molecule has 0 aromatic heterocycles. The summed E-state index contributed by atoms with van der Waals surface area (Å²) in [6, 6.07) is 0. The molecule has 0 saturated carbocycles. The van der Waals surface area contributed by atoms with E-state index in [1.54, 1.807) is 0 Å². The van der Waals surface area contributed by atoms with Crippen LogP contribution >= 0.6 is 12.2 Å². The molecule has 0 radical (unpaired) electrons. The monoisotopic (exact) mass is 257 g/mol. The van der Waals surface area contributed by atoms with Crippen LogP contribution in [-0.2, 0) is 0 Å². The van der Waals surface area contributed by atoms with Crippen molar-refractivity contribution in [3.8, 4) is 0 Å². The van der Waals surface area contributed by atoms with Crippen molar-refractivity contribution in [2.75, 3.05) is 39.3 Å². The largest absolute Gasteiger partial charge is 0.393 e. The van der Waals surface area contributed by atoms with E-state index in [0.717, 1.165) is 13.0 Å². The second-order valence-electron chi connectivity index (χ2n) is 5.68. The van der Waals surface area contributed by atoms with Gasteiger partial charge in [-0.3, -0.25) is 0 Å². The predicted octanol–water partition coefficient (Wildman–Crippen LogP) is 1.72. The van der Waals surface area contributed by atoms with Crippen LogP contribution in [0.1, 0.15) is 33.6 Å². The van der Waals surface area contributed by atoms with E-state index in [-0.39, 0.29) is 5.41 Å². The molecule has 0 unspecified atom stereocenters. The molecule has 1 heterocycles. The van der Waals surface area contributed by atoms with Crippen LogP contribution in [0.4, 0.5) is 0 Å². The summed E-state index contributed by atoms with van der Waals surface area (Å²) in [5.41, 5.74) is 5.75. The van der Waals surface area contributed by atoms with Crippen LogP contribution in [0.25, 0.3) is 0 Å². The number of hydrogen-bond acceptors (Lipinski definition) is 3. The molecule has 3 nitrogen and oxygen atoms in total. The highest BCUT2D eigenvalue weighted by molar-refractivity contribution is 7.80. The topological polar surface area (TPSA) is 32.5 Å². The van der Waals surface area contributed by atoms with Gasteiger partial charge >= 0.3 is 0 Å². The van der Waals surface area contributed by atoms with Gasteiger partial charge in [-0.15, -0.1) is 0 Å². The first-order chi connectivity index (χ1) is 7.95. The average Bonchev–Trinajstić information content (AvgIpc) is 2.28. The SMILES string of the molecule is CCCN1CCN(CCC(C)(C)C(N)=S)CC1. The highest BCUT2D eigenvalue weighted by atomic mass is 32.1. The molecule has 0 aromatic rings. The van der Waals surface area contributed by atoms with Crippen LogP contribution in [-0.4, -0.2) is 54.1 Å². The maximum atomic E-state index is 5.75. The summed E-state index contributed by atoms with van der Waals surface area (Å²) < 4.78 is 0. The molecular weight excluding hydrogens is 230 g/mol.